The van der Waals surface area contributed by atoms with Crippen molar-refractivity contribution in [3.05, 3.63) is 11.6 Å². The lowest BCUT2D eigenvalue weighted by Gasteiger charge is -2.00. The third-order valence-electron chi connectivity index (χ3n) is 1.33. The number of carbonyl (C=O) groups excluding carboxylic acids is 1. The van der Waals surface area contributed by atoms with Crippen molar-refractivity contribution >= 4 is 6.29 Å². The first-order valence-corrected chi connectivity index (χ1v) is 2.87. The Labute approximate surface area is 53.4 Å². The number of hydrogen-bond acceptors (Lipinski definition) is 3. The van der Waals surface area contributed by atoms with Gasteiger partial charge in [0.05, 0.1) is 6.61 Å². The van der Waals surface area contributed by atoms with Gasteiger partial charge in [0.1, 0.15) is 6.29 Å². The maximum absolute atomic E-state index is 10.1. The molecule has 0 bridgehead atoms. The molecule has 1 aliphatic heterocycles. The van der Waals surface area contributed by atoms with E-state index in [0.717, 1.165) is 11.9 Å². The Morgan fingerprint density at radius 1 is 2.00 bits per heavy atom. The minimum absolute atomic E-state index is 0.00907. The van der Waals surface area contributed by atoms with Gasteiger partial charge in [-0.2, -0.15) is 0 Å². The van der Waals surface area contributed by atoms with Gasteiger partial charge < -0.3 is 10.4 Å². The summed E-state index contributed by atoms with van der Waals surface area (Å²) in [6.45, 7) is 0.659. The molecule has 3 heteroatoms. The SMILES string of the molecule is O=CC1=CC(CO)NC1. The Morgan fingerprint density at radius 2 is 2.78 bits per heavy atom. The van der Waals surface area contributed by atoms with Crippen molar-refractivity contribution in [1.82, 2.24) is 5.32 Å². The Balaban J connectivity index is 2.49. The van der Waals surface area contributed by atoms with Crippen LogP contribution in [0, 0.1) is 0 Å². The summed E-state index contributed by atoms with van der Waals surface area (Å²) in [6.07, 6.45) is 2.55. The van der Waals surface area contributed by atoms with Gasteiger partial charge in [-0.1, -0.05) is 6.08 Å². The number of aldehydes is 1. The molecule has 0 aromatic heterocycles. The van der Waals surface area contributed by atoms with Crippen molar-refractivity contribution in [2.75, 3.05) is 13.2 Å². The Bertz CT molecular complexity index is 142. The van der Waals surface area contributed by atoms with Crippen LogP contribution in [0.15, 0.2) is 11.6 Å². The van der Waals surface area contributed by atoms with Gasteiger partial charge in [-0.25, -0.2) is 0 Å². The topological polar surface area (TPSA) is 49.3 Å². The lowest BCUT2D eigenvalue weighted by atomic mass is 10.3. The largest absolute Gasteiger partial charge is 0.394 e. The van der Waals surface area contributed by atoms with Crippen LogP contribution in [-0.2, 0) is 4.79 Å². The number of aliphatic hydroxyl groups is 1. The highest BCUT2D eigenvalue weighted by atomic mass is 16.3. The van der Waals surface area contributed by atoms with Crippen molar-refractivity contribution in [3.8, 4) is 0 Å². The summed E-state index contributed by atoms with van der Waals surface area (Å²) in [6, 6.07) is -0.00907. The summed E-state index contributed by atoms with van der Waals surface area (Å²) < 4.78 is 0. The van der Waals surface area contributed by atoms with Crippen molar-refractivity contribution < 1.29 is 9.90 Å². The first-order valence-electron chi connectivity index (χ1n) is 2.87. The maximum Gasteiger partial charge on any atom is 0.147 e. The molecule has 0 radical (unpaired) electrons. The molecule has 0 fully saturated rings. The zero-order valence-electron chi connectivity index (χ0n) is 5.00. The molecule has 3 nitrogen and oxygen atoms in total. The van der Waals surface area contributed by atoms with Crippen molar-refractivity contribution in [3.63, 3.8) is 0 Å². The zero-order valence-corrected chi connectivity index (χ0v) is 5.00. The molecule has 9 heavy (non-hydrogen) atoms. The molecule has 1 heterocycles. The van der Waals surface area contributed by atoms with E-state index < -0.39 is 0 Å². The standard InChI is InChI=1S/C6H9NO2/c8-3-5-1-6(4-9)7-2-5/h1,3,6-7,9H,2,4H2. The van der Waals surface area contributed by atoms with Crippen LogP contribution in [0.25, 0.3) is 0 Å². The van der Waals surface area contributed by atoms with Gasteiger partial charge in [0, 0.05) is 18.2 Å². The molecule has 0 saturated heterocycles. The summed E-state index contributed by atoms with van der Waals surface area (Å²) in [4.78, 5) is 10.1. The number of nitrogens with one attached hydrogen (secondary N) is 1. The molecule has 0 aromatic rings. The Kier molecular flexibility index (Phi) is 1.97. The fourth-order valence-electron chi connectivity index (χ4n) is 0.823. The van der Waals surface area contributed by atoms with Gasteiger partial charge in [0.25, 0.3) is 0 Å². The second kappa shape index (κ2) is 2.75. The van der Waals surface area contributed by atoms with Gasteiger partial charge in [0.15, 0.2) is 0 Å². The number of rotatable bonds is 2. The second-order valence-corrected chi connectivity index (χ2v) is 2.03. The molecular formula is C6H9NO2. The molecule has 50 valence electrons. The van der Waals surface area contributed by atoms with E-state index in [0.29, 0.717) is 6.54 Å². The van der Waals surface area contributed by atoms with Crippen molar-refractivity contribution in [1.29, 1.82) is 0 Å². The minimum atomic E-state index is -0.00907. The molecule has 1 atom stereocenters. The lowest BCUT2D eigenvalue weighted by molar-refractivity contribution is -0.104. The van der Waals surface area contributed by atoms with Gasteiger partial charge in [0.2, 0.25) is 0 Å². The second-order valence-electron chi connectivity index (χ2n) is 2.03. The molecule has 0 aromatic carbocycles. The average molecular weight is 127 g/mol. The van der Waals surface area contributed by atoms with Crippen LogP contribution in [0.2, 0.25) is 0 Å². The van der Waals surface area contributed by atoms with E-state index in [1.54, 1.807) is 6.08 Å². The smallest absolute Gasteiger partial charge is 0.147 e. The van der Waals surface area contributed by atoms with E-state index in [9.17, 15) is 4.79 Å². The number of hydrogen-bond donors (Lipinski definition) is 2. The van der Waals surface area contributed by atoms with Crippen LogP contribution in [0.1, 0.15) is 0 Å². The number of carbonyl (C=O) groups is 1. The lowest BCUT2D eigenvalue weighted by Crippen LogP contribution is -2.25. The minimum Gasteiger partial charge on any atom is -0.394 e. The zero-order chi connectivity index (χ0) is 6.69. The third kappa shape index (κ3) is 1.37. The highest BCUT2D eigenvalue weighted by molar-refractivity contribution is 5.74. The summed E-state index contributed by atoms with van der Waals surface area (Å²) in [7, 11) is 0. The van der Waals surface area contributed by atoms with Gasteiger partial charge >= 0.3 is 0 Å². The molecule has 0 aliphatic carbocycles. The summed E-state index contributed by atoms with van der Waals surface area (Å²) in [5.74, 6) is 0. The summed E-state index contributed by atoms with van der Waals surface area (Å²) in [5.41, 5.74) is 0.731. The van der Waals surface area contributed by atoms with Crippen LogP contribution in [-0.4, -0.2) is 30.6 Å². The van der Waals surface area contributed by atoms with Crippen molar-refractivity contribution in [2.24, 2.45) is 0 Å². The predicted octanol–water partition coefficient (Wildman–Crippen LogP) is -0.924. The molecule has 0 saturated carbocycles. The normalized spacial score (nSPS) is 25.9. The third-order valence-corrected chi connectivity index (χ3v) is 1.33. The quantitative estimate of drug-likeness (QED) is 0.471. The van der Waals surface area contributed by atoms with Gasteiger partial charge in [-0.05, 0) is 0 Å². The van der Waals surface area contributed by atoms with E-state index in [-0.39, 0.29) is 12.6 Å². The number of aliphatic hydroxyl groups excluding tert-OH is 1. The molecule has 1 unspecified atom stereocenters. The van der Waals surface area contributed by atoms with E-state index in [4.69, 9.17) is 5.11 Å². The first-order chi connectivity index (χ1) is 4.36. The fourth-order valence-corrected chi connectivity index (χ4v) is 0.823. The maximum atomic E-state index is 10.1. The summed E-state index contributed by atoms with van der Waals surface area (Å²) in [5, 5.41) is 11.5. The highest BCUT2D eigenvalue weighted by Gasteiger charge is 2.11. The van der Waals surface area contributed by atoms with Crippen LogP contribution in [0.5, 0.6) is 0 Å². The van der Waals surface area contributed by atoms with Crippen LogP contribution in [0.4, 0.5) is 0 Å². The van der Waals surface area contributed by atoms with Gasteiger partial charge in [-0.15, -0.1) is 0 Å². The fraction of sp³-hybridized carbons (Fsp3) is 0.500. The molecule has 1 aliphatic rings. The highest BCUT2D eigenvalue weighted by Crippen LogP contribution is 2.00. The van der Waals surface area contributed by atoms with E-state index >= 15 is 0 Å². The first kappa shape index (κ1) is 6.45. The molecular weight excluding hydrogens is 118 g/mol. The van der Waals surface area contributed by atoms with E-state index in [2.05, 4.69) is 5.32 Å². The van der Waals surface area contributed by atoms with Crippen molar-refractivity contribution in [2.45, 2.75) is 6.04 Å². The average Bonchev–Trinajstić information content (AvgIpc) is 2.34. The van der Waals surface area contributed by atoms with Crippen LogP contribution in [0.3, 0.4) is 0 Å². The van der Waals surface area contributed by atoms with Crippen LogP contribution >= 0.6 is 0 Å². The molecule has 2 N–H and O–H groups in total. The van der Waals surface area contributed by atoms with E-state index in [1.807, 2.05) is 0 Å². The van der Waals surface area contributed by atoms with Gasteiger partial charge in [-0.3, -0.25) is 4.79 Å². The monoisotopic (exact) mass is 127 g/mol. The molecule has 0 amide bonds. The Hall–Kier alpha value is -0.670. The predicted molar refractivity (Wildman–Crippen MR) is 33.0 cm³/mol. The summed E-state index contributed by atoms with van der Waals surface area (Å²) >= 11 is 0. The Morgan fingerprint density at radius 3 is 3.11 bits per heavy atom. The molecule has 0 spiro atoms. The molecule has 1 rings (SSSR count). The van der Waals surface area contributed by atoms with E-state index in [1.165, 1.54) is 0 Å². The van der Waals surface area contributed by atoms with Crippen LogP contribution < -0.4 is 5.32 Å².